The van der Waals surface area contributed by atoms with Crippen LogP contribution in [0.5, 0.6) is 0 Å². The minimum atomic E-state index is -0.996. The molecule has 0 atom stereocenters. The molecule has 25 heavy (non-hydrogen) atoms. The maximum atomic E-state index is 12.3. The van der Waals surface area contributed by atoms with Crippen molar-refractivity contribution in [2.75, 3.05) is 18.1 Å². The molecule has 126 valence electrons. The number of anilines is 1. The van der Waals surface area contributed by atoms with Crippen LogP contribution in [-0.4, -0.2) is 36.1 Å². The van der Waals surface area contributed by atoms with E-state index >= 15 is 0 Å². The molecular weight excluding hydrogens is 322 g/mol. The van der Waals surface area contributed by atoms with Gasteiger partial charge in [-0.15, -0.1) is 0 Å². The van der Waals surface area contributed by atoms with E-state index in [0.29, 0.717) is 24.4 Å². The van der Waals surface area contributed by atoms with Gasteiger partial charge in [-0.3, -0.25) is 9.69 Å². The van der Waals surface area contributed by atoms with E-state index in [1.54, 1.807) is 42.5 Å². The van der Waals surface area contributed by atoms with E-state index in [-0.39, 0.29) is 11.3 Å². The lowest BCUT2D eigenvalue weighted by Crippen LogP contribution is -2.23. The smallest absolute Gasteiger partial charge is 0.414 e. The number of carboxylic acid groups (broad SMARTS) is 1. The van der Waals surface area contributed by atoms with Crippen LogP contribution in [0.15, 0.2) is 54.6 Å². The molecule has 0 saturated carbocycles. The van der Waals surface area contributed by atoms with Gasteiger partial charge in [0.15, 0.2) is 5.78 Å². The van der Waals surface area contributed by atoms with Crippen molar-refractivity contribution in [3.8, 4) is 0 Å². The lowest BCUT2D eigenvalue weighted by molar-refractivity contribution is 0.0696. The molecule has 1 N–H and O–H groups in total. The molecule has 1 amide bonds. The Kier molecular flexibility index (Phi) is 4.61. The van der Waals surface area contributed by atoms with Gasteiger partial charge in [0, 0.05) is 11.3 Å². The van der Waals surface area contributed by atoms with E-state index in [4.69, 9.17) is 9.84 Å². The van der Waals surface area contributed by atoms with Crippen LogP contribution in [0.1, 0.15) is 26.3 Å². The molecule has 1 aliphatic heterocycles. The number of hydrogen-bond acceptors (Lipinski definition) is 4. The zero-order valence-electron chi connectivity index (χ0n) is 13.2. The van der Waals surface area contributed by atoms with Crippen LogP contribution in [0, 0.1) is 0 Å². The Hall–Kier alpha value is -3.41. The molecule has 0 aliphatic carbocycles. The summed E-state index contributed by atoms with van der Waals surface area (Å²) in [6.45, 7) is 0.797. The second-order valence-electron chi connectivity index (χ2n) is 5.44. The van der Waals surface area contributed by atoms with Gasteiger partial charge in [-0.1, -0.05) is 30.3 Å². The largest absolute Gasteiger partial charge is 0.478 e. The summed E-state index contributed by atoms with van der Waals surface area (Å²) >= 11 is 0. The van der Waals surface area contributed by atoms with Crippen molar-refractivity contribution in [3.63, 3.8) is 0 Å². The van der Waals surface area contributed by atoms with Crippen LogP contribution in [-0.2, 0) is 4.74 Å². The van der Waals surface area contributed by atoms with E-state index in [2.05, 4.69) is 0 Å². The highest BCUT2D eigenvalue weighted by atomic mass is 16.6. The Labute approximate surface area is 143 Å². The third-order valence-electron chi connectivity index (χ3n) is 3.79. The van der Waals surface area contributed by atoms with E-state index in [1.165, 1.54) is 23.1 Å². The fourth-order valence-electron chi connectivity index (χ4n) is 2.46. The average molecular weight is 337 g/mol. The van der Waals surface area contributed by atoms with Gasteiger partial charge in [0.05, 0.1) is 12.1 Å². The van der Waals surface area contributed by atoms with Crippen molar-refractivity contribution in [2.45, 2.75) is 0 Å². The van der Waals surface area contributed by atoms with Crippen molar-refractivity contribution in [1.29, 1.82) is 0 Å². The number of amides is 1. The van der Waals surface area contributed by atoms with Gasteiger partial charge in [0.1, 0.15) is 6.61 Å². The summed E-state index contributed by atoms with van der Waals surface area (Å²) in [6, 6.07) is 13.0. The summed E-state index contributed by atoms with van der Waals surface area (Å²) in [4.78, 5) is 36.2. The summed E-state index contributed by atoms with van der Waals surface area (Å²) in [5, 5.41) is 8.87. The van der Waals surface area contributed by atoms with Gasteiger partial charge in [-0.25, -0.2) is 9.59 Å². The van der Waals surface area contributed by atoms with Crippen LogP contribution < -0.4 is 4.90 Å². The maximum absolute atomic E-state index is 12.3. The summed E-state index contributed by atoms with van der Waals surface area (Å²) in [7, 11) is 0. The SMILES string of the molecule is O=C(O)c1ccc(/C=C/C(=O)c2cccc(N3CCOC3=O)c2)cc1. The average Bonchev–Trinajstić information content (AvgIpc) is 3.06. The monoisotopic (exact) mass is 337 g/mol. The molecule has 0 radical (unpaired) electrons. The normalized spacial score (nSPS) is 13.9. The van der Waals surface area contributed by atoms with Gasteiger partial charge in [-0.05, 0) is 35.9 Å². The molecule has 6 heteroatoms. The molecular formula is C19H15NO5. The Morgan fingerprint density at radius 1 is 1.08 bits per heavy atom. The van der Waals surface area contributed by atoms with Gasteiger partial charge >= 0.3 is 12.1 Å². The third kappa shape index (κ3) is 3.74. The number of ether oxygens (including phenoxy) is 1. The topological polar surface area (TPSA) is 83.9 Å². The summed E-state index contributed by atoms with van der Waals surface area (Å²) in [6.07, 6.45) is 2.61. The van der Waals surface area contributed by atoms with Gasteiger partial charge in [0.2, 0.25) is 0 Å². The van der Waals surface area contributed by atoms with Gasteiger partial charge < -0.3 is 9.84 Å². The standard InChI is InChI=1S/C19H15NO5/c21-17(9-6-13-4-7-14(8-5-13)18(22)23)15-2-1-3-16(12-15)20-10-11-25-19(20)24/h1-9,12H,10-11H2,(H,22,23)/b9-6+. The quantitative estimate of drug-likeness (QED) is 0.669. The minimum absolute atomic E-state index is 0.189. The van der Waals surface area contributed by atoms with Crippen molar-refractivity contribution in [3.05, 3.63) is 71.3 Å². The van der Waals surface area contributed by atoms with E-state index in [1.807, 2.05) is 0 Å². The number of carboxylic acids is 1. The highest BCUT2D eigenvalue weighted by Gasteiger charge is 2.23. The predicted octanol–water partition coefficient (Wildman–Crippen LogP) is 3.24. The van der Waals surface area contributed by atoms with Crippen molar-refractivity contribution in [1.82, 2.24) is 0 Å². The van der Waals surface area contributed by atoms with Crippen LogP contribution in [0.2, 0.25) is 0 Å². The summed E-state index contributed by atoms with van der Waals surface area (Å²) in [5.41, 5.74) is 1.98. The van der Waals surface area contributed by atoms with Crippen molar-refractivity contribution in [2.24, 2.45) is 0 Å². The Morgan fingerprint density at radius 3 is 2.48 bits per heavy atom. The van der Waals surface area contributed by atoms with Gasteiger partial charge in [-0.2, -0.15) is 0 Å². The van der Waals surface area contributed by atoms with Crippen LogP contribution in [0.25, 0.3) is 6.08 Å². The number of rotatable bonds is 5. The van der Waals surface area contributed by atoms with Crippen LogP contribution >= 0.6 is 0 Å². The van der Waals surface area contributed by atoms with Crippen LogP contribution in [0.4, 0.5) is 10.5 Å². The second-order valence-corrected chi connectivity index (χ2v) is 5.44. The molecule has 3 rings (SSSR count). The molecule has 0 spiro atoms. The molecule has 1 heterocycles. The summed E-state index contributed by atoms with van der Waals surface area (Å²) < 4.78 is 4.90. The van der Waals surface area contributed by atoms with E-state index in [9.17, 15) is 14.4 Å². The number of cyclic esters (lactones) is 1. The molecule has 2 aromatic carbocycles. The number of carbonyl (C=O) groups is 3. The third-order valence-corrected chi connectivity index (χ3v) is 3.79. The first-order chi connectivity index (χ1) is 12.0. The molecule has 0 bridgehead atoms. The fourth-order valence-corrected chi connectivity index (χ4v) is 2.46. The number of aromatic carboxylic acids is 1. The number of allylic oxidation sites excluding steroid dienone is 1. The highest BCUT2D eigenvalue weighted by molar-refractivity contribution is 6.07. The van der Waals surface area contributed by atoms with E-state index in [0.717, 1.165) is 5.56 Å². The zero-order chi connectivity index (χ0) is 17.8. The Bertz CT molecular complexity index is 854. The zero-order valence-corrected chi connectivity index (χ0v) is 13.2. The molecule has 1 fully saturated rings. The second kappa shape index (κ2) is 7.00. The molecule has 2 aromatic rings. The fraction of sp³-hybridized carbons (Fsp3) is 0.105. The van der Waals surface area contributed by atoms with E-state index < -0.39 is 12.1 Å². The Balaban J connectivity index is 1.74. The number of benzene rings is 2. The first-order valence-corrected chi connectivity index (χ1v) is 7.65. The number of hydrogen-bond donors (Lipinski definition) is 1. The lowest BCUT2D eigenvalue weighted by atomic mass is 10.1. The van der Waals surface area contributed by atoms with Crippen LogP contribution in [0.3, 0.4) is 0 Å². The maximum Gasteiger partial charge on any atom is 0.414 e. The first kappa shape index (κ1) is 16.4. The number of ketones is 1. The summed E-state index contributed by atoms with van der Waals surface area (Å²) in [5.74, 6) is -1.21. The number of carbonyl (C=O) groups excluding carboxylic acids is 2. The number of nitrogens with zero attached hydrogens (tertiary/aromatic N) is 1. The molecule has 0 aromatic heterocycles. The minimum Gasteiger partial charge on any atom is -0.478 e. The lowest BCUT2D eigenvalue weighted by Gasteiger charge is -2.13. The molecule has 0 unspecified atom stereocenters. The Morgan fingerprint density at radius 2 is 1.84 bits per heavy atom. The van der Waals surface area contributed by atoms with Crippen molar-refractivity contribution >= 4 is 29.6 Å². The predicted molar refractivity (Wildman–Crippen MR) is 91.9 cm³/mol. The molecule has 1 aliphatic rings. The highest BCUT2D eigenvalue weighted by Crippen LogP contribution is 2.20. The first-order valence-electron chi connectivity index (χ1n) is 7.65. The van der Waals surface area contributed by atoms with Crippen molar-refractivity contribution < 1.29 is 24.2 Å². The molecule has 1 saturated heterocycles. The van der Waals surface area contributed by atoms with Gasteiger partial charge in [0.25, 0.3) is 0 Å². The molecule has 6 nitrogen and oxygen atoms in total.